The zero-order valence-corrected chi connectivity index (χ0v) is 48.9. The van der Waals surface area contributed by atoms with Gasteiger partial charge in [-0.25, -0.2) is 4.79 Å². The van der Waals surface area contributed by atoms with Crippen LogP contribution in [0.5, 0.6) is 0 Å². The topological polar surface area (TPSA) is 121 Å². The smallest absolute Gasteiger partial charge is 0.338 e. The average molecular weight is 1070 g/mol. The van der Waals surface area contributed by atoms with Gasteiger partial charge in [-0.1, -0.05) is 46.9 Å². The predicted molar refractivity (Wildman–Crippen MR) is 277 cm³/mol. The van der Waals surface area contributed by atoms with Gasteiger partial charge in [0.15, 0.2) is 5.60 Å². The number of hydrogen-bond acceptors (Lipinski definition) is 9. The standard InChI is InChI=1S/C29H55O9P17/c1-14-18(31)11-17-22(35-26(33)16-9-7-6-8-10-16)24-28(5,19(37-49(51(40)41)52(42)43)12-20-29(24,13-34-20)36-15(2)30)25(32)23(21(14)27(17,3)4)38-50(53(44)45)55(48-39)54(46)47/h6-10,17-20,22-25,31-32,48H,11-13,39-47H2,1-5H3/t17?,18-,19-,20+,22+,23+,24?,25+,28+,29-,50?,55?/m0/s1. The van der Waals surface area contributed by atoms with E-state index in [2.05, 4.69) is 94.2 Å². The van der Waals surface area contributed by atoms with Crippen molar-refractivity contribution >= 4 is 150 Å². The van der Waals surface area contributed by atoms with Crippen molar-refractivity contribution in [2.45, 2.75) is 89.7 Å². The molecule has 0 amide bonds. The second-order valence-corrected chi connectivity index (χ2v) is 72.9. The van der Waals surface area contributed by atoms with Crippen LogP contribution in [0.4, 0.5) is 0 Å². The predicted octanol–water partition coefficient (Wildman–Crippen LogP) is 12.3. The lowest BCUT2D eigenvalue weighted by Gasteiger charge is -2.68. The number of ether oxygens (including phenoxy) is 3. The zero-order chi connectivity index (χ0) is 40.9. The fraction of sp³-hybridized carbons (Fsp3) is 0.655. The van der Waals surface area contributed by atoms with E-state index in [4.69, 9.17) is 23.3 Å². The molecule has 1 saturated heterocycles. The minimum Gasteiger partial charge on any atom is -0.458 e. The SMILES string of the molecule is CC(=O)O[C@@]12CO[C@@H]1C[C@H](OP(P(P)P)P(P)P)[C@]1(C)C2[C@H](OC(=O)c2ccccc2)C2C[C@H](O)C(C)=C([C@@H](OP(P(P)P)P(PP)P(P)P)[C@H]1O)C2(C)C. The number of hydrogen-bond donors (Lipinski definition) is 2. The van der Waals surface area contributed by atoms with Crippen molar-refractivity contribution in [1.82, 2.24) is 0 Å². The van der Waals surface area contributed by atoms with E-state index in [1.165, 1.54) is 6.92 Å². The third kappa shape index (κ3) is 10.4. The number of carbonyl (C=O) groups excluding carboxylic acids is 2. The van der Waals surface area contributed by atoms with Gasteiger partial charge in [-0.15, -0.1) is 80.4 Å². The number of aliphatic hydroxyl groups is 2. The van der Waals surface area contributed by atoms with E-state index < -0.39 is 127 Å². The molecule has 0 radical (unpaired) electrons. The van der Waals surface area contributed by atoms with Crippen molar-refractivity contribution in [1.29, 1.82) is 0 Å². The molecule has 22 atom stereocenters. The van der Waals surface area contributed by atoms with Gasteiger partial charge in [0, 0.05) is 31.7 Å². The van der Waals surface area contributed by atoms with Gasteiger partial charge < -0.3 is 33.5 Å². The molecule has 310 valence electrons. The van der Waals surface area contributed by atoms with Crippen LogP contribution >= 0.6 is 138 Å². The lowest BCUT2D eigenvalue weighted by atomic mass is 9.45. The maximum atomic E-state index is 14.4. The summed E-state index contributed by atoms with van der Waals surface area (Å²) in [5.74, 6) is -2.26. The molecule has 4 aliphatic rings. The second kappa shape index (κ2) is 21.1. The summed E-state index contributed by atoms with van der Waals surface area (Å²) in [5.41, 5.74) is -1.17. The Bertz CT molecular complexity index is 1570. The summed E-state index contributed by atoms with van der Waals surface area (Å²) in [7, 11) is 25.3. The van der Waals surface area contributed by atoms with Gasteiger partial charge in [0.1, 0.15) is 18.3 Å². The zero-order valence-electron chi connectivity index (χ0n) is 31.2. The highest BCUT2D eigenvalue weighted by Gasteiger charge is 2.76. The molecule has 1 aromatic rings. The summed E-state index contributed by atoms with van der Waals surface area (Å²) in [6.07, 6.45) is -4.35. The Hall–Kier alpha value is 5.01. The second-order valence-electron chi connectivity index (χ2n) is 14.8. The number of benzene rings is 1. The van der Waals surface area contributed by atoms with Crippen molar-refractivity contribution in [3.05, 3.63) is 47.0 Å². The average Bonchev–Trinajstić information content (AvgIpc) is 3.09. The first-order chi connectivity index (χ1) is 25.6. The third-order valence-corrected chi connectivity index (χ3v) is 81.1. The van der Waals surface area contributed by atoms with Crippen molar-refractivity contribution in [2.75, 3.05) is 6.61 Å². The van der Waals surface area contributed by atoms with Gasteiger partial charge in [0.2, 0.25) is 0 Å². The maximum absolute atomic E-state index is 14.4. The molecule has 26 heteroatoms. The van der Waals surface area contributed by atoms with Crippen LogP contribution in [0, 0.1) is 22.7 Å². The van der Waals surface area contributed by atoms with E-state index in [1.807, 2.05) is 19.9 Å². The molecular weight excluding hydrogens is 1020 g/mol. The van der Waals surface area contributed by atoms with Crippen LogP contribution < -0.4 is 0 Å². The van der Waals surface area contributed by atoms with Crippen molar-refractivity contribution in [3.8, 4) is 0 Å². The Balaban J connectivity index is 1.85. The molecule has 0 aromatic heterocycles. The van der Waals surface area contributed by atoms with E-state index in [9.17, 15) is 19.8 Å². The quantitative estimate of drug-likeness (QED) is 0.113. The molecule has 9 nitrogen and oxygen atoms in total. The highest BCUT2D eigenvalue weighted by molar-refractivity contribution is 9.10. The van der Waals surface area contributed by atoms with E-state index in [1.54, 1.807) is 24.3 Å². The van der Waals surface area contributed by atoms with Gasteiger partial charge in [-0.2, -0.15) is 0 Å². The molecule has 1 aromatic carbocycles. The molecule has 14 unspecified atom stereocenters. The van der Waals surface area contributed by atoms with E-state index >= 15 is 0 Å². The fourth-order valence-electron chi connectivity index (χ4n) is 9.01. The van der Waals surface area contributed by atoms with Gasteiger partial charge in [-0.05, 0) is 70.0 Å². The molecule has 3 fully saturated rings. The summed E-state index contributed by atoms with van der Waals surface area (Å²) in [6, 6.07) is 8.88. The Morgan fingerprint density at radius 1 is 0.891 bits per heavy atom. The molecule has 1 heterocycles. The fourth-order valence-corrected chi connectivity index (χ4v) is 108. The molecule has 2 bridgehead atoms. The Kier molecular flexibility index (Phi) is 19.6. The summed E-state index contributed by atoms with van der Waals surface area (Å²) in [6.45, 7) is 6.53. The van der Waals surface area contributed by atoms with Gasteiger partial charge in [0.05, 0.1) is 51.5 Å². The molecular formula is C29H55O9P17. The third-order valence-electron chi connectivity index (χ3n) is 11.4. The summed E-state index contributed by atoms with van der Waals surface area (Å²) in [4.78, 5) is 27.6. The van der Waals surface area contributed by atoms with Gasteiger partial charge >= 0.3 is 11.9 Å². The first-order valence-electron chi connectivity index (χ1n) is 17.2. The minimum atomic E-state index is -1.24. The lowest BCUT2D eigenvalue weighted by Crippen LogP contribution is -2.80. The van der Waals surface area contributed by atoms with Crippen LogP contribution in [0.3, 0.4) is 0 Å². The number of carbonyl (C=O) groups is 2. The first kappa shape index (κ1) is 51.0. The molecule has 55 heavy (non-hydrogen) atoms. The van der Waals surface area contributed by atoms with E-state index in [-0.39, 0.29) is 6.61 Å². The summed E-state index contributed by atoms with van der Waals surface area (Å²) in [5, 5.41) is 25.7. The minimum absolute atomic E-state index is 0.0765. The molecule has 3 aliphatic carbocycles. The van der Waals surface area contributed by atoms with Gasteiger partial charge in [-0.3, -0.25) is 4.79 Å². The summed E-state index contributed by atoms with van der Waals surface area (Å²) < 4.78 is 34.5. The molecule has 0 spiro atoms. The normalized spacial score (nSPS) is 35.7. The van der Waals surface area contributed by atoms with Crippen molar-refractivity contribution in [3.63, 3.8) is 0 Å². The maximum Gasteiger partial charge on any atom is 0.338 e. The number of rotatable bonds is 13. The molecule has 2 saturated carbocycles. The highest BCUT2D eigenvalue weighted by Crippen LogP contribution is 3.09. The Morgan fingerprint density at radius 3 is 1.98 bits per heavy atom. The van der Waals surface area contributed by atoms with E-state index in [0.29, 0.717) is 26.4 Å². The van der Waals surface area contributed by atoms with Crippen LogP contribution in [-0.2, 0) is 28.1 Å². The lowest BCUT2D eigenvalue weighted by molar-refractivity contribution is -0.350. The Labute approximate surface area is 357 Å². The van der Waals surface area contributed by atoms with Gasteiger partial charge in [0.25, 0.3) is 0 Å². The van der Waals surface area contributed by atoms with Crippen LogP contribution in [0.15, 0.2) is 41.5 Å². The summed E-state index contributed by atoms with van der Waals surface area (Å²) >= 11 is 0. The van der Waals surface area contributed by atoms with Crippen LogP contribution in [-0.4, -0.2) is 71.0 Å². The Morgan fingerprint density at radius 2 is 1.49 bits per heavy atom. The van der Waals surface area contributed by atoms with Crippen molar-refractivity contribution in [2.24, 2.45) is 22.7 Å². The highest BCUT2D eigenvalue weighted by atomic mass is 33.1. The number of fused-ring (bicyclic) bond motifs is 5. The molecule has 2 N–H and O–H groups in total. The van der Waals surface area contributed by atoms with Crippen LogP contribution in [0.1, 0.15) is 57.8 Å². The van der Waals surface area contributed by atoms with Crippen LogP contribution in [0.25, 0.3) is 0 Å². The first-order valence-corrected chi connectivity index (χ1v) is 46.5. The van der Waals surface area contributed by atoms with E-state index in [0.717, 1.165) is 11.1 Å². The monoisotopic (exact) mass is 1070 g/mol. The number of esters is 2. The molecule has 1 aliphatic heterocycles. The largest absolute Gasteiger partial charge is 0.458 e. The molecule has 5 rings (SSSR count). The number of aliphatic hydroxyl groups excluding tert-OH is 2. The van der Waals surface area contributed by atoms with Crippen LogP contribution in [0.2, 0.25) is 0 Å². The van der Waals surface area contributed by atoms with Crippen molar-refractivity contribution < 1.29 is 43.1 Å².